The molecule has 0 atom stereocenters. The van der Waals surface area contributed by atoms with E-state index in [1.165, 1.54) is 0 Å². The number of carbonyl (C=O) groups is 2. The summed E-state index contributed by atoms with van der Waals surface area (Å²) in [5, 5.41) is 5.93. The number of pyridine rings is 1. The molecule has 3 rings (SSSR count). The lowest BCUT2D eigenvalue weighted by molar-refractivity contribution is -0.158. The Morgan fingerprint density at radius 3 is 2.28 bits per heavy atom. The SMILES string of the molecule is CCOC(=O)C(C)(C)Oc1ccc(-c2ccc(NC(=O)Nc3ccccc3Cl)cc2)cn1. The molecular weight excluding hydrogens is 430 g/mol. The molecule has 0 saturated carbocycles. The Morgan fingerprint density at radius 1 is 0.969 bits per heavy atom. The largest absolute Gasteiger partial charge is 0.463 e. The van der Waals surface area contributed by atoms with Crippen LogP contribution in [0.25, 0.3) is 11.1 Å². The molecule has 0 fully saturated rings. The number of hydrogen-bond donors (Lipinski definition) is 2. The summed E-state index contributed by atoms with van der Waals surface area (Å²) in [7, 11) is 0. The summed E-state index contributed by atoms with van der Waals surface area (Å²) in [6.45, 7) is 5.29. The second kappa shape index (κ2) is 10.2. The molecule has 32 heavy (non-hydrogen) atoms. The number of anilines is 2. The van der Waals surface area contributed by atoms with Crippen LogP contribution in [0.3, 0.4) is 0 Å². The van der Waals surface area contributed by atoms with Crippen molar-refractivity contribution in [1.82, 2.24) is 4.98 Å². The molecule has 2 N–H and O–H groups in total. The van der Waals surface area contributed by atoms with Crippen LogP contribution in [0.4, 0.5) is 16.2 Å². The Balaban J connectivity index is 1.61. The standard InChI is InChI=1S/C24H24ClN3O4/c1-4-31-22(29)24(2,3)32-21-14-11-17(15-26-21)16-9-12-18(13-10-16)27-23(30)28-20-8-6-5-7-19(20)25/h5-15H,4H2,1-3H3,(H2,27,28,30). The lowest BCUT2D eigenvalue weighted by Crippen LogP contribution is -2.39. The van der Waals surface area contributed by atoms with Crippen LogP contribution in [0.1, 0.15) is 20.8 Å². The molecule has 0 spiro atoms. The van der Waals surface area contributed by atoms with Crippen molar-refractivity contribution in [1.29, 1.82) is 0 Å². The first kappa shape index (κ1) is 23.1. The quantitative estimate of drug-likeness (QED) is 0.443. The van der Waals surface area contributed by atoms with Gasteiger partial charge in [-0.1, -0.05) is 35.9 Å². The number of hydrogen-bond acceptors (Lipinski definition) is 5. The highest BCUT2D eigenvalue weighted by atomic mass is 35.5. The third kappa shape index (κ3) is 5.98. The lowest BCUT2D eigenvalue weighted by Gasteiger charge is -2.23. The van der Waals surface area contributed by atoms with Crippen LogP contribution in [-0.2, 0) is 9.53 Å². The average Bonchev–Trinajstić information content (AvgIpc) is 2.76. The number of urea groups is 1. The number of rotatable bonds is 7. The minimum atomic E-state index is -1.14. The Kier molecular flexibility index (Phi) is 7.33. The molecule has 8 heteroatoms. The number of halogens is 1. The third-order valence-electron chi connectivity index (χ3n) is 4.46. The first-order valence-electron chi connectivity index (χ1n) is 10.0. The smallest absolute Gasteiger partial charge is 0.349 e. The molecule has 0 aliphatic rings. The normalized spacial score (nSPS) is 10.9. The minimum Gasteiger partial charge on any atom is -0.463 e. The van der Waals surface area contributed by atoms with Gasteiger partial charge in [-0.25, -0.2) is 14.6 Å². The summed E-state index contributed by atoms with van der Waals surface area (Å²) in [6, 6.07) is 17.5. The Hall–Kier alpha value is -3.58. The zero-order chi connectivity index (χ0) is 23.1. The molecule has 0 saturated heterocycles. The van der Waals surface area contributed by atoms with Gasteiger partial charge in [0.25, 0.3) is 0 Å². The monoisotopic (exact) mass is 453 g/mol. The van der Waals surface area contributed by atoms with E-state index in [-0.39, 0.29) is 6.61 Å². The predicted octanol–water partition coefficient (Wildman–Crippen LogP) is 5.77. The maximum absolute atomic E-state index is 12.2. The van der Waals surface area contributed by atoms with Crippen LogP contribution in [-0.4, -0.2) is 29.2 Å². The molecule has 2 amide bonds. The number of nitrogens with zero attached hydrogens (tertiary/aromatic N) is 1. The van der Waals surface area contributed by atoms with Crippen molar-refractivity contribution in [2.75, 3.05) is 17.2 Å². The van der Waals surface area contributed by atoms with E-state index in [4.69, 9.17) is 21.1 Å². The molecule has 0 aliphatic carbocycles. The van der Waals surface area contributed by atoms with Crippen LogP contribution in [0.2, 0.25) is 5.02 Å². The zero-order valence-electron chi connectivity index (χ0n) is 18.0. The van der Waals surface area contributed by atoms with Gasteiger partial charge in [0.2, 0.25) is 11.5 Å². The van der Waals surface area contributed by atoms with Gasteiger partial charge in [0, 0.05) is 23.5 Å². The Morgan fingerprint density at radius 2 is 1.66 bits per heavy atom. The van der Waals surface area contributed by atoms with Crippen molar-refractivity contribution < 1.29 is 19.1 Å². The number of para-hydroxylation sites is 1. The number of ether oxygens (including phenoxy) is 2. The molecular formula is C24H24ClN3O4. The van der Waals surface area contributed by atoms with Crippen molar-refractivity contribution in [3.05, 3.63) is 71.9 Å². The first-order valence-corrected chi connectivity index (χ1v) is 10.4. The summed E-state index contributed by atoms with van der Waals surface area (Å²) in [5.74, 6) is -0.131. The topological polar surface area (TPSA) is 89.5 Å². The minimum absolute atomic E-state index is 0.282. The number of aromatic nitrogens is 1. The number of benzene rings is 2. The van der Waals surface area contributed by atoms with Crippen molar-refractivity contribution >= 4 is 35.0 Å². The van der Waals surface area contributed by atoms with E-state index in [1.807, 2.05) is 18.2 Å². The fourth-order valence-electron chi connectivity index (χ4n) is 2.81. The van der Waals surface area contributed by atoms with E-state index in [0.717, 1.165) is 11.1 Å². The van der Waals surface area contributed by atoms with E-state index in [0.29, 0.717) is 22.3 Å². The van der Waals surface area contributed by atoms with Crippen molar-refractivity contribution in [3.63, 3.8) is 0 Å². The van der Waals surface area contributed by atoms with Crippen LogP contribution < -0.4 is 15.4 Å². The second-order valence-corrected chi connectivity index (χ2v) is 7.76. The summed E-state index contributed by atoms with van der Waals surface area (Å²) in [6.07, 6.45) is 1.66. The molecule has 166 valence electrons. The molecule has 0 aliphatic heterocycles. The maximum Gasteiger partial charge on any atom is 0.349 e. The lowest BCUT2D eigenvalue weighted by atomic mass is 10.1. The summed E-state index contributed by atoms with van der Waals surface area (Å²) in [4.78, 5) is 28.4. The van der Waals surface area contributed by atoms with Gasteiger partial charge in [-0.05, 0) is 56.7 Å². The van der Waals surface area contributed by atoms with E-state index < -0.39 is 17.6 Å². The molecule has 7 nitrogen and oxygen atoms in total. The number of nitrogens with one attached hydrogen (secondary N) is 2. The van der Waals surface area contributed by atoms with Crippen LogP contribution in [0.15, 0.2) is 66.9 Å². The van der Waals surface area contributed by atoms with Crippen molar-refractivity contribution in [2.24, 2.45) is 0 Å². The summed E-state index contributed by atoms with van der Waals surface area (Å²) < 4.78 is 10.7. The fraction of sp³-hybridized carbons (Fsp3) is 0.208. The van der Waals surface area contributed by atoms with Gasteiger partial charge in [0.15, 0.2) is 0 Å². The Labute approximate surface area is 191 Å². The summed E-state index contributed by atoms with van der Waals surface area (Å²) in [5.41, 5.74) is 1.79. The predicted molar refractivity (Wildman–Crippen MR) is 125 cm³/mol. The first-order chi connectivity index (χ1) is 15.3. The van der Waals surface area contributed by atoms with E-state index in [9.17, 15) is 9.59 Å². The third-order valence-corrected chi connectivity index (χ3v) is 4.79. The summed E-state index contributed by atoms with van der Waals surface area (Å²) >= 11 is 6.06. The van der Waals surface area contributed by atoms with Gasteiger partial charge in [-0.3, -0.25) is 0 Å². The van der Waals surface area contributed by atoms with E-state index >= 15 is 0 Å². The molecule has 1 aromatic heterocycles. The van der Waals surface area contributed by atoms with Crippen molar-refractivity contribution in [2.45, 2.75) is 26.4 Å². The zero-order valence-corrected chi connectivity index (χ0v) is 18.8. The van der Waals surface area contributed by atoms with Crippen LogP contribution in [0.5, 0.6) is 5.88 Å². The van der Waals surface area contributed by atoms with Gasteiger partial charge in [0.1, 0.15) is 0 Å². The highest BCUT2D eigenvalue weighted by Crippen LogP contribution is 2.25. The van der Waals surface area contributed by atoms with Crippen LogP contribution >= 0.6 is 11.6 Å². The average molecular weight is 454 g/mol. The van der Waals surface area contributed by atoms with Gasteiger partial charge >= 0.3 is 12.0 Å². The van der Waals surface area contributed by atoms with E-state index in [1.54, 1.807) is 69.4 Å². The number of carbonyl (C=O) groups excluding carboxylic acids is 2. The second-order valence-electron chi connectivity index (χ2n) is 7.35. The van der Waals surface area contributed by atoms with Crippen LogP contribution in [0, 0.1) is 0 Å². The molecule has 1 heterocycles. The fourth-order valence-corrected chi connectivity index (χ4v) is 3.00. The van der Waals surface area contributed by atoms with Gasteiger partial charge in [0.05, 0.1) is 17.3 Å². The highest BCUT2D eigenvalue weighted by Gasteiger charge is 2.32. The molecule has 0 bridgehead atoms. The molecule has 0 unspecified atom stereocenters. The Bertz CT molecular complexity index is 1080. The number of amides is 2. The maximum atomic E-state index is 12.2. The van der Waals surface area contributed by atoms with Gasteiger partial charge in [-0.2, -0.15) is 0 Å². The number of esters is 1. The molecule has 2 aromatic carbocycles. The molecule has 3 aromatic rings. The molecule has 0 radical (unpaired) electrons. The van der Waals surface area contributed by atoms with Crippen molar-refractivity contribution in [3.8, 4) is 17.0 Å². The van der Waals surface area contributed by atoms with Gasteiger partial charge in [-0.15, -0.1) is 0 Å². The highest BCUT2D eigenvalue weighted by molar-refractivity contribution is 6.33. The van der Waals surface area contributed by atoms with Gasteiger partial charge < -0.3 is 20.1 Å². The van der Waals surface area contributed by atoms with E-state index in [2.05, 4.69) is 15.6 Å².